The molecule has 0 aliphatic carbocycles. The van der Waals surface area contributed by atoms with Gasteiger partial charge in [0, 0.05) is 24.8 Å². The van der Waals surface area contributed by atoms with E-state index in [9.17, 15) is 22.0 Å². The van der Waals surface area contributed by atoms with Gasteiger partial charge in [-0.3, -0.25) is 4.57 Å². The average molecular weight is 408 g/mol. The van der Waals surface area contributed by atoms with Crippen molar-refractivity contribution < 1.29 is 17.2 Å². The third kappa shape index (κ3) is 3.40. The van der Waals surface area contributed by atoms with Crippen molar-refractivity contribution in [2.45, 2.75) is 12.5 Å². The second kappa shape index (κ2) is 6.71. The van der Waals surface area contributed by atoms with E-state index in [2.05, 4.69) is 10.3 Å². The van der Waals surface area contributed by atoms with Gasteiger partial charge in [-0.15, -0.1) is 0 Å². The van der Waals surface area contributed by atoms with Crippen molar-refractivity contribution in [1.29, 1.82) is 0 Å². The molecule has 1 aliphatic heterocycles. The Bertz CT molecular complexity index is 1220. The lowest BCUT2D eigenvalue weighted by atomic mass is 10.2. The summed E-state index contributed by atoms with van der Waals surface area (Å²) in [6.45, 7) is 0.610. The molecule has 28 heavy (non-hydrogen) atoms. The van der Waals surface area contributed by atoms with E-state index >= 15 is 0 Å². The van der Waals surface area contributed by atoms with E-state index in [0.29, 0.717) is 29.7 Å². The van der Waals surface area contributed by atoms with Crippen LogP contribution in [0.1, 0.15) is 12.5 Å². The number of hydrogen-bond acceptors (Lipinski definition) is 4. The van der Waals surface area contributed by atoms with Crippen LogP contribution in [0.5, 0.6) is 0 Å². The first-order chi connectivity index (χ1) is 13.2. The summed E-state index contributed by atoms with van der Waals surface area (Å²) in [5.41, 5.74) is 1.48. The first kappa shape index (κ1) is 18.6. The minimum atomic E-state index is -3.31. The number of aromatic nitrogens is 2. The van der Waals surface area contributed by atoms with Crippen molar-refractivity contribution in [3.05, 3.63) is 58.5 Å². The molecule has 0 saturated carbocycles. The molecule has 1 saturated heterocycles. The summed E-state index contributed by atoms with van der Waals surface area (Å²) >= 11 is 0. The molecular weight excluding hydrogens is 390 g/mol. The molecule has 0 spiro atoms. The zero-order valence-electron chi connectivity index (χ0n) is 14.9. The van der Waals surface area contributed by atoms with Crippen LogP contribution in [0, 0.1) is 11.6 Å². The standard InChI is InChI=1S/C18H18F2N4O3S/c1-28(26,27)23-7-6-13(10-23)24-17-5-3-12(9-16(17)22-18(24)25)21-15-4-2-11(19)8-14(15)20/h2-5,8-9,13,21H,6-7,10H2,1H3,(H,22,25). The Morgan fingerprint density at radius 1 is 1.18 bits per heavy atom. The maximum Gasteiger partial charge on any atom is 0.326 e. The number of imidazole rings is 1. The van der Waals surface area contributed by atoms with Crippen molar-refractivity contribution in [1.82, 2.24) is 13.9 Å². The normalized spacial score (nSPS) is 18.0. The Hall–Kier alpha value is -2.72. The molecule has 1 atom stereocenters. The van der Waals surface area contributed by atoms with E-state index in [1.807, 2.05) is 0 Å². The number of sulfonamides is 1. The summed E-state index contributed by atoms with van der Waals surface area (Å²) in [4.78, 5) is 15.2. The molecule has 0 bridgehead atoms. The molecule has 0 amide bonds. The van der Waals surface area contributed by atoms with Crippen molar-refractivity contribution in [2.24, 2.45) is 0 Å². The van der Waals surface area contributed by atoms with Gasteiger partial charge < -0.3 is 10.3 Å². The van der Waals surface area contributed by atoms with Crippen LogP contribution < -0.4 is 11.0 Å². The SMILES string of the molecule is CS(=O)(=O)N1CCC(n2c(=O)[nH]c3cc(Nc4ccc(F)cc4F)ccc32)C1. The summed E-state index contributed by atoms with van der Waals surface area (Å²) in [5, 5.41) is 2.86. The second-order valence-electron chi connectivity index (χ2n) is 6.84. The van der Waals surface area contributed by atoms with Crippen LogP contribution in [0.2, 0.25) is 0 Å². The molecule has 10 heteroatoms. The minimum Gasteiger partial charge on any atom is -0.353 e. The van der Waals surface area contributed by atoms with E-state index in [1.54, 1.807) is 22.8 Å². The number of rotatable bonds is 4. The molecule has 1 fully saturated rings. The number of nitrogens with zero attached hydrogens (tertiary/aromatic N) is 2. The highest BCUT2D eigenvalue weighted by molar-refractivity contribution is 7.88. The Labute approximate surface area is 159 Å². The fourth-order valence-electron chi connectivity index (χ4n) is 3.54. The molecule has 1 aliphatic rings. The molecule has 0 radical (unpaired) electrons. The predicted molar refractivity (Wildman–Crippen MR) is 102 cm³/mol. The van der Waals surface area contributed by atoms with E-state index in [0.717, 1.165) is 18.4 Å². The number of anilines is 2. The predicted octanol–water partition coefficient (Wildman–Crippen LogP) is 2.56. The number of benzene rings is 2. The summed E-state index contributed by atoms with van der Waals surface area (Å²) in [7, 11) is -3.31. The average Bonchev–Trinajstić information content (AvgIpc) is 3.20. The number of H-pyrrole nitrogens is 1. The van der Waals surface area contributed by atoms with Gasteiger partial charge in [-0.25, -0.2) is 26.3 Å². The van der Waals surface area contributed by atoms with Gasteiger partial charge in [0.1, 0.15) is 11.6 Å². The Kier molecular flexibility index (Phi) is 4.47. The third-order valence-electron chi connectivity index (χ3n) is 4.89. The molecule has 7 nitrogen and oxygen atoms in total. The summed E-state index contributed by atoms with van der Waals surface area (Å²) < 4.78 is 53.3. The maximum atomic E-state index is 13.8. The Morgan fingerprint density at radius 3 is 2.64 bits per heavy atom. The molecule has 4 rings (SSSR count). The molecule has 148 valence electrons. The van der Waals surface area contributed by atoms with E-state index in [-0.39, 0.29) is 24.0 Å². The third-order valence-corrected chi connectivity index (χ3v) is 6.16. The summed E-state index contributed by atoms with van der Waals surface area (Å²) in [6, 6.07) is 8.01. The monoisotopic (exact) mass is 408 g/mol. The quantitative estimate of drug-likeness (QED) is 0.695. The first-order valence-corrected chi connectivity index (χ1v) is 10.5. The van der Waals surface area contributed by atoms with Crippen LogP contribution in [0.3, 0.4) is 0 Å². The first-order valence-electron chi connectivity index (χ1n) is 8.64. The topological polar surface area (TPSA) is 87.2 Å². The molecule has 3 aromatic rings. The molecule has 1 unspecified atom stereocenters. The van der Waals surface area contributed by atoms with Gasteiger partial charge in [0.15, 0.2) is 0 Å². The highest BCUT2D eigenvalue weighted by Gasteiger charge is 2.31. The van der Waals surface area contributed by atoms with Crippen molar-refractivity contribution in [3.8, 4) is 0 Å². The molecular formula is C18H18F2N4O3S. The van der Waals surface area contributed by atoms with Gasteiger partial charge in [-0.2, -0.15) is 0 Å². The van der Waals surface area contributed by atoms with Crippen LogP contribution >= 0.6 is 0 Å². The van der Waals surface area contributed by atoms with Crippen molar-refractivity contribution in [2.75, 3.05) is 24.7 Å². The number of hydrogen-bond donors (Lipinski definition) is 2. The molecule has 1 aromatic heterocycles. The van der Waals surface area contributed by atoms with Gasteiger partial charge in [-0.05, 0) is 36.8 Å². The highest BCUT2D eigenvalue weighted by atomic mass is 32.2. The minimum absolute atomic E-state index is 0.113. The zero-order valence-corrected chi connectivity index (χ0v) is 15.8. The lowest BCUT2D eigenvalue weighted by Gasteiger charge is -2.14. The zero-order chi connectivity index (χ0) is 20.1. The molecule has 2 heterocycles. The second-order valence-corrected chi connectivity index (χ2v) is 8.83. The van der Waals surface area contributed by atoms with E-state index < -0.39 is 21.7 Å². The Balaban J connectivity index is 1.65. The largest absolute Gasteiger partial charge is 0.353 e. The summed E-state index contributed by atoms with van der Waals surface area (Å²) in [5.74, 6) is -1.39. The van der Waals surface area contributed by atoms with Crippen LogP contribution in [0.4, 0.5) is 20.2 Å². The maximum absolute atomic E-state index is 13.8. The number of fused-ring (bicyclic) bond motifs is 1. The van der Waals surface area contributed by atoms with Crippen LogP contribution in [0.15, 0.2) is 41.2 Å². The van der Waals surface area contributed by atoms with Gasteiger partial charge in [0.25, 0.3) is 0 Å². The lowest BCUT2D eigenvalue weighted by molar-refractivity contribution is 0.456. The van der Waals surface area contributed by atoms with Crippen molar-refractivity contribution >= 4 is 32.4 Å². The van der Waals surface area contributed by atoms with Gasteiger partial charge in [0.2, 0.25) is 10.0 Å². The lowest BCUT2D eigenvalue weighted by Crippen LogP contribution is -2.29. The van der Waals surface area contributed by atoms with Crippen LogP contribution in [-0.4, -0.2) is 41.6 Å². The fourth-order valence-corrected chi connectivity index (χ4v) is 4.42. The van der Waals surface area contributed by atoms with Crippen LogP contribution in [0.25, 0.3) is 11.0 Å². The van der Waals surface area contributed by atoms with Gasteiger partial charge in [-0.1, -0.05) is 0 Å². The summed E-state index contributed by atoms with van der Waals surface area (Å²) in [6.07, 6.45) is 1.70. The molecule has 2 aromatic carbocycles. The van der Waals surface area contributed by atoms with E-state index in [4.69, 9.17) is 0 Å². The van der Waals surface area contributed by atoms with Crippen molar-refractivity contribution in [3.63, 3.8) is 0 Å². The highest BCUT2D eigenvalue weighted by Crippen LogP contribution is 2.28. The number of nitrogens with one attached hydrogen (secondary N) is 2. The number of aromatic amines is 1. The Morgan fingerprint density at radius 2 is 1.96 bits per heavy atom. The van der Waals surface area contributed by atoms with E-state index in [1.165, 1.54) is 10.4 Å². The van der Waals surface area contributed by atoms with Gasteiger partial charge >= 0.3 is 5.69 Å². The molecule has 2 N–H and O–H groups in total. The van der Waals surface area contributed by atoms with Crippen LogP contribution in [-0.2, 0) is 10.0 Å². The number of halogens is 2. The fraction of sp³-hybridized carbons (Fsp3) is 0.278. The van der Waals surface area contributed by atoms with Gasteiger partial charge in [0.05, 0.1) is 29.0 Å². The smallest absolute Gasteiger partial charge is 0.326 e.